The van der Waals surface area contributed by atoms with Crippen LogP contribution in [0.5, 0.6) is 5.75 Å². The highest BCUT2D eigenvalue weighted by molar-refractivity contribution is 5.91. The first-order valence-corrected chi connectivity index (χ1v) is 7.94. The van der Waals surface area contributed by atoms with Crippen molar-refractivity contribution in [3.63, 3.8) is 0 Å². The van der Waals surface area contributed by atoms with Crippen LogP contribution in [0.3, 0.4) is 0 Å². The third kappa shape index (κ3) is 4.82. The Labute approximate surface area is 151 Å². The van der Waals surface area contributed by atoms with E-state index in [0.717, 1.165) is 5.69 Å². The Morgan fingerprint density at radius 1 is 1.00 bits per heavy atom. The summed E-state index contributed by atoms with van der Waals surface area (Å²) in [7, 11) is 0. The lowest BCUT2D eigenvalue weighted by molar-refractivity contribution is -0.118. The van der Waals surface area contributed by atoms with Gasteiger partial charge in [0.05, 0.1) is 23.5 Å². The second kappa shape index (κ2) is 8.31. The number of anilines is 3. The molecule has 0 aliphatic rings. The summed E-state index contributed by atoms with van der Waals surface area (Å²) >= 11 is 0. The van der Waals surface area contributed by atoms with Gasteiger partial charge in [-0.3, -0.25) is 4.79 Å². The minimum atomic E-state index is -0.292. The molecule has 3 rings (SSSR count). The number of nitrogens with zero attached hydrogens (tertiary/aromatic N) is 2. The van der Waals surface area contributed by atoms with Crippen molar-refractivity contribution in [3.05, 3.63) is 78.5 Å². The summed E-state index contributed by atoms with van der Waals surface area (Å²) in [4.78, 5) is 16.2. The summed E-state index contributed by atoms with van der Waals surface area (Å²) in [6.07, 6.45) is 1.57. The highest BCUT2D eigenvalue weighted by Gasteiger charge is 2.05. The molecule has 1 aromatic heterocycles. The third-order valence-corrected chi connectivity index (χ3v) is 3.45. The second-order valence-corrected chi connectivity index (χ2v) is 5.40. The number of nitriles is 1. The van der Waals surface area contributed by atoms with Crippen molar-refractivity contribution in [2.75, 3.05) is 17.2 Å². The highest BCUT2D eigenvalue weighted by atomic mass is 16.5. The van der Waals surface area contributed by atoms with Crippen LogP contribution in [0, 0.1) is 11.3 Å². The van der Waals surface area contributed by atoms with E-state index in [0.29, 0.717) is 22.8 Å². The van der Waals surface area contributed by atoms with Gasteiger partial charge in [-0.1, -0.05) is 18.2 Å². The molecule has 0 bridgehead atoms. The quantitative estimate of drug-likeness (QED) is 0.712. The summed E-state index contributed by atoms with van der Waals surface area (Å²) in [6, 6.07) is 21.8. The topological polar surface area (TPSA) is 87.0 Å². The number of para-hydroxylation sites is 1. The number of ether oxygens (including phenoxy) is 1. The molecule has 0 fully saturated rings. The summed E-state index contributed by atoms with van der Waals surface area (Å²) in [6.45, 7) is -0.129. The minimum Gasteiger partial charge on any atom is -0.484 e. The Morgan fingerprint density at radius 2 is 1.77 bits per heavy atom. The molecule has 0 radical (unpaired) electrons. The number of carbonyl (C=O) groups excluding carboxylic acids is 1. The normalized spacial score (nSPS) is 9.81. The molecule has 1 heterocycles. The molecule has 0 unspecified atom stereocenters. The number of amides is 1. The van der Waals surface area contributed by atoms with Gasteiger partial charge in [-0.2, -0.15) is 5.26 Å². The number of hydrogen-bond donors (Lipinski definition) is 2. The maximum absolute atomic E-state index is 12.0. The molecule has 2 N–H and O–H groups in total. The van der Waals surface area contributed by atoms with Gasteiger partial charge in [0.2, 0.25) is 0 Å². The first kappa shape index (κ1) is 17.0. The fourth-order valence-corrected chi connectivity index (χ4v) is 2.18. The molecule has 0 saturated heterocycles. The van der Waals surface area contributed by atoms with E-state index in [1.807, 2.05) is 36.4 Å². The standard InChI is InChI=1S/C20H16N4O2/c21-12-15-6-9-18(10-7-15)26-14-20(25)24-17-8-11-19(22-13-17)23-16-4-2-1-3-5-16/h1-11,13H,14H2,(H,22,23)(H,24,25). The second-order valence-electron chi connectivity index (χ2n) is 5.40. The molecule has 26 heavy (non-hydrogen) atoms. The lowest BCUT2D eigenvalue weighted by Crippen LogP contribution is -2.20. The molecule has 0 spiro atoms. The summed E-state index contributed by atoms with van der Waals surface area (Å²) in [5, 5.41) is 14.6. The Balaban J connectivity index is 1.50. The lowest BCUT2D eigenvalue weighted by Gasteiger charge is -2.09. The summed E-state index contributed by atoms with van der Waals surface area (Å²) in [5.41, 5.74) is 2.06. The number of rotatable bonds is 6. The highest BCUT2D eigenvalue weighted by Crippen LogP contribution is 2.16. The maximum atomic E-state index is 12.0. The van der Waals surface area contributed by atoms with Crippen molar-refractivity contribution in [3.8, 4) is 11.8 Å². The first-order valence-electron chi connectivity index (χ1n) is 7.94. The predicted octanol–water partition coefficient (Wildman–Crippen LogP) is 3.71. The number of carbonyl (C=O) groups is 1. The summed E-state index contributed by atoms with van der Waals surface area (Å²) < 4.78 is 5.39. The number of pyridine rings is 1. The average molecular weight is 344 g/mol. The molecule has 0 saturated carbocycles. The van der Waals surface area contributed by atoms with Crippen LogP contribution in [-0.2, 0) is 4.79 Å². The van der Waals surface area contributed by atoms with E-state index in [1.165, 1.54) is 0 Å². The number of hydrogen-bond acceptors (Lipinski definition) is 5. The van der Waals surface area contributed by atoms with E-state index < -0.39 is 0 Å². The van der Waals surface area contributed by atoms with Crippen LogP contribution < -0.4 is 15.4 Å². The van der Waals surface area contributed by atoms with Gasteiger partial charge >= 0.3 is 0 Å². The van der Waals surface area contributed by atoms with Crippen molar-refractivity contribution < 1.29 is 9.53 Å². The zero-order valence-electron chi connectivity index (χ0n) is 13.8. The molecule has 6 heteroatoms. The molecule has 0 aliphatic carbocycles. The number of nitrogens with one attached hydrogen (secondary N) is 2. The molecular formula is C20H16N4O2. The van der Waals surface area contributed by atoms with Crippen LogP contribution in [0.4, 0.5) is 17.2 Å². The van der Waals surface area contributed by atoms with Gasteiger partial charge in [0.1, 0.15) is 11.6 Å². The largest absolute Gasteiger partial charge is 0.484 e. The van der Waals surface area contributed by atoms with E-state index in [-0.39, 0.29) is 12.5 Å². The molecule has 2 aromatic carbocycles. The Morgan fingerprint density at radius 3 is 2.42 bits per heavy atom. The molecule has 3 aromatic rings. The van der Waals surface area contributed by atoms with E-state index in [4.69, 9.17) is 10.00 Å². The first-order chi connectivity index (χ1) is 12.7. The molecule has 128 valence electrons. The molecule has 0 atom stereocenters. The Bertz CT molecular complexity index is 901. The van der Waals surface area contributed by atoms with Gasteiger partial charge < -0.3 is 15.4 Å². The smallest absolute Gasteiger partial charge is 0.262 e. The summed E-state index contributed by atoms with van der Waals surface area (Å²) in [5.74, 6) is 0.919. The van der Waals surface area contributed by atoms with Crippen LogP contribution in [0.2, 0.25) is 0 Å². The fourth-order valence-electron chi connectivity index (χ4n) is 2.18. The van der Waals surface area contributed by atoms with Crippen molar-refractivity contribution in [2.24, 2.45) is 0 Å². The van der Waals surface area contributed by atoms with Gasteiger partial charge in [-0.25, -0.2) is 4.98 Å². The van der Waals surface area contributed by atoms with Crippen LogP contribution in [0.25, 0.3) is 0 Å². The van der Waals surface area contributed by atoms with Crippen LogP contribution in [-0.4, -0.2) is 17.5 Å². The number of benzene rings is 2. The van der Waals surface area contributed by atoms with E-state index in [1.54, 1.807) is 42.6 Å². The van der Waals surface area contributed by atoms with Crippen LogP contribution >= 0.6 is 0 Å². The number of aromatic nitrogens is 1. The Kier molecular flexibility index (Phi) is 5.43. The SMILES string of the molecule is N#Cc1ccc(OCC(=O)Nc2ccc(Nc3ccccc3)nc2)cc1. The fraction of sp³-hybridized carbons (Fsp3) is 0.0500. The van der Waals surface area contributed by atoms with Gasteiger partial charge in [0, 0.05) is 5.69 Å². The average Bonchev–Trinajstić information content (AvgIpc) is 2.69. The van der Waals surface area contributed by atoms with E-state index >= 15 is 0 Å². The lowest BCUT2D eigenvalue weighted by atomic mass is 10.2. The van der Waals surface area contributed by atoms with Crippen molar-refractivity contribution in [1.29, 1.82) is 5.26 Å². The van der Waals surface area contributed by atoms with Crippen LogP contribution in [0.1, 0.15) is 5.56 Å². The van der Waals surface area contributed by atoms with Crippen molar-refractivity contribution in [1.82, 2.24) is 4.98 Å². The molecule has 0 aliphatic heterocycles. The third-order valence-electron chi connectivity index (χ3n) is 3.45. The monoisotopic (exact) mass is 344 g/mol. The molecule has 6 nitrogen and oxygen atoms in total. The van der Waals surface area contributed by atoms with Gasteiger partial charge in [-0.05, 0) is 48.5 Å². The minimum absolute atomic E-state index is 0.129. The van der Waals surface area contributed by atoms with Gasteiger partial charge in [0.15, 0.2) is 6.61 Å². The molecular weight excluding hydrogens is 328 g/mol. The van der Waals surface area contributed by atoms with Crippen molar-refractivity contribution in [2.45, 2.75) is 0 Å². The maximum Gasteiger partial charge on any atom is 0.262 e. The predicted molar refractivity (Wildman–Crippen MR) is 99.2 cm³/mol. The zero-order valence-corrected chi connectivity index (χ0v) is 13.8. The molecule has 1 amide bonds. The van der Waals surface area contributed by atoms with Crippen LogP contribution in [0.15, 0.2) is 72.9 Å². The Hall–Kier alpha value is -3.85. The van der Waals surface area contributed by atoms with Crippen molar-refractivity contribution >= 4 is 23.1 Å². The van der Waals surface area contributed by atoms with E-state index in [2.05, 4.69) is 15.6 Å². The van der Waals surface area contributed by atoms with Gasteiger partial charge in [0.25, 0.3) is 5.91 Å². The zero-order chi connectivity index (χ0) is 18.2. The van der Waals surface area contributed by atoms with Gasteiger partial charge in [-0.15, -0.1) is 0 Å². The van der Waals surface area contributed by atoms with E-state index in [9.17, 15) is 4.79 Å².